The minimum atomic E-state index is -0.653. The second-order valence-electron chi connectivity index (χ2n) is 7.34. The SMILES string of the molecule is Cc1ccn(CCC(=O)N2CCC(O)(C3CCOCC3)C(C)C2)n1. The Balaban J connectivity index is 1.53. The van der Waals surface area contributed by atoms with Crippen LogP contribution in [0, 0.1) is 18.8 Å². The molecule has 2 unspecified atom stereocenters. The minimum absolute atomic E-state index is 0.102. The highest BCUT2D eigenvalue weighted by Gasteiger charge is 2.45. The summed E-state index contributed by atoms with van der Waals surface area (Å²) >= 11 is 0. The van der Waals surface area contributed by atoms with Gasteiger partial charge in [0.05, 0.1) is 11.3 Å². The van der Waals surface area contributed by atoms with Crippen molar-refractivity contribution in [3.8, 4) is 0 Å². The molecule has 0 spiro atoms. The lowest BCUT2D eigenvalue weighted by Crippen LogP contribution is -2.56. The average Bonchev–Trinajstić information content (AvgIpc) is 3.01. The van der Waals surface area contributed by atoms with Crippen molar-refractivity contribution in [1.82, 2.24) is 14.7 Å². The lowest BCUT2D eigenvalue weighted by atomic mass is 9.70. The Morgan fingerprint density at radius 2 is 2.21 bits per heavy atom. The van der Waals surface area contributed by atoms with Crippen LogP contribution in [0.4, 0.5) is 0 Å². The molecule has 6 nitrogen and oxygen atoms in total. The first kappa shape index (κ1) is 17.4. The van der Waals surface area contributed by atoms with Crippen molar-refractivity contribution in [1.29, 1.82) is 0 Å². The molecule has 0 aromatic carbocycles. The van der Waals surface area contributed by atoms with Crippen LogP contribution >= 0.6 is 0 Å². The van der Waals surface area contributed by atoms with Crippen LogP contribution in [0.3, 0.4) is 0 Å². The highest BCUT2D eigenvalue weighted by atomic mass is 16.5. The molecule has 1 aromatic heterocycles. The van der Waals surface area contributed by atoms with Crippen LogP contribution in [-0.2, 0) is 16.1 Å². The van der Waals surface area contributed by atoms with Gasteiger partial charge in [-0.15, -0.1) is 0 Å². The van der Waals surface area contributed by atoms with Crippen molar-refractivity contribution in [3.63, 3.8) is 0 Å². The summed E-state index contributed by atoms with van der Waals surface area (Å²) in [5.41, 5.74) is 0.315. The second kappa shape index (κ2) is 7.23. The molecular formula is C18H29N3O3. The van der Waals surface area contributed by atoms with E-state index in [-0.39, 0.29) is 11.8 Å². The maximum absolute atomic E-state index is 12.5. The predicted molar refractivity (Wildman–Crippen MR) is 90.4 cm³/mol. The Morgan fingerprint density at radius 3 is 2.83 bits per heavy atom. The Hall–Kier alpha value is -1.40. The maximum Gasteiger partial charge on any atom is 0.224 e. The van der Waals surface area contributed by atoms with E-state index < -0.39 is 5.60 Å². The van der Waals surface area contributed by atoms with Crippen molar-refractivity contribution in [2.24, 2.45) is 11.8 Å². The molecule has 134 valence electrons. The number of ether oxygens (including phenoxy) is 1. The van der Waals surface area contributed by atoms with E-state index in [4.69, 9.17) is 4.74 Å². The number of likely N-dealkylation sites (tertiary alicyclic amines) is 1. The molecule has 2 fully saturated rings. The van der Waals surface area contributed by atoms with Crippen LogP contribution in [-0.4, -0.2) is 57.6 Å². The van der Waals surface area contributed by atoms with E-state index in [1.165, 1.54) is 0 Å². The van der Waals surface area contributed by atoms with Gasteiger partial charge < -0.3 is 14.7 Å². The van der Waals surface area contributed by atoms with Crippen LogP contribution < -0.4 is 0 Å². The number of rotatable bonds is 4. The number of hydrogen-bond acceptors (Lipinski definition) is 4. The number of aliphatic hydroxyl groups is 1. The summed E-state index contributed by atoms with van der Waals surface area (Å²) in [7, 11) is 0. The quantitative estimate of drug-likeness (QED) is 0.908. The molecule has 2 aliphatic heterocycles. The number of nitrogens with zero attached hydrogens (tertiary/aromatic N) is 3. The molecule has 6 heteroatoms. The molecule has 3 heterocycles. The Bertz CT molecular complexity index is 568. The first-order valence-corrected chi connectivity index (χ1v) is 9.07. The lowest BCUT2D eigenvalue weighted by Gasteiger charge is -2.48. The molecule has 0 bridgehead atoms. The van der Waals surface area contributed by atoms with E-state index in [1.54, 1.807) is 0 Å². The van der Waals surface area contributed by atoms with Gasteiger partial charge in [-0.05, 0) is 38.2 Å². The fraction of sp³-hybridized carbons (Fsp3) is 0.778. The van der Waals surface area contributed by atoms with Crippen LogP contribution in [0.25, 0.3) is 0 Å². The van der Waals surface area contributed by atoms with Gasteiger partial charge in [-0.2, -0.15) is 5.10 Å². The van der Waals surface area contributed by atoms with E-state index >= 15 is 0 Å². The molecule has 1 amide bonds. The Labute approximate surface area is 143 Å². The number of aromatic nitrogens is 2. The molecular weight excluding hydrogens is 306 g/mol. The molecule has 2 aliphatic rings. The number of amides is 1. The van der Waals surface area contributed by atoms with Gasteiger partial charge in [0.1, 0.15) is 0 Å². The number of carbonyl (C=O) groups is 1. The normalized spacial score (nSPS) is 29.0. The zero-order chi connectivity index (χ0) is 17.2. The van der Waals surface area contributed by atoms with E-state index in [1.807, 2.05) is 28.8 Å². The lowest BCUT2D eigenvalue weighted by molar-refractivity contribution is -0.151. The van der Waals surface area contributed by atoms with Crippen molar-refractivity contribution >= 4 is 5.91 Å². The Morgan fingerprint density at radius 1 is 1.46 bits per heavy atom. The van der Waals surface area contributed by atoms with Crippen molar-refractivity contribution in [2.45, 2.75) is 51.7 Å². The van der Waals surface area contributed by atoms with Gasteiger partial charge in [-0.1, -0.05) is 6.92 Å². The van der Waals surface area contributed by atoms with Crippen LogP contribution in [0.15, 0.2) is 12.3 Å². The zero-order valence-electron chi connectivity index (χ0n) is 14.8. The summed E-state index contributed by atoms with van der Waals surface area (Å²) < 4.78 is 7.24. The van der Waals surface area contributed by atoms with Crippen molar-refractivity contribution in [2.75, 3.05) is 26.3 Å². The standard InChI is InChI=1S/C18H29N3O3/c1-14-13-20(17(22)4-9-21-8-3-15(2)19-21)10-7-18(14,23)16-5-11-24-12-6-16/h3,8,14,16,23H,4-7,9-13H2,1-2H3. The Kier molecular flexibility index (Phi) is 5.25. The van der Waals surface area contributed by atoms with Gasteiger partial charge in [-0.25, -0.2) is 0 Å². The molecule has 2 atom stereocenters. The van der Waals surface area contributed by atoms with Gasteiger partial charge >= 0.3 is 0 Å². The predicted octanol–water partition coefficient (Wildman–Crippen LogP) is 1.61. The third-order valence-electron chi connectivity index (χ3n) is 5.74. The zero-order valence-corrected chi connectivity index (χ0v) is 14.8. The molecule has 1 aromatic rings. The molecule has 0 aliphatic carbocycles. The van der Waals surface area contributed by atoms with Gasteiger partial charge in [0.15, 0.2) is 0 Å². The van der Waals surface area contributed by atoms with Gasteiger partial charge in [0, 0.05) is 51.4 Å². The van der Waals surface area contributed by atoms with Gasteiger partial charge in [0.2, 0.25) is 5.91 Å². The van der Waals surface area contributed by atoms with Crippen molar-refractivity contribution in [3.05, 3.63) is 18.0 Å². The summed E-state index contributed by atoms with van der Waals surface area (Å²) in [6.07, 6.45) is 4.89. The average molecular weight is 335 g/mol. The highest BCUT2D eigenvalue weighted by Crippen LogP contribution is 2.39. The minimum Gasteiger partial charge on any atom is -0.389 e. The first-order valence-electron chi connectivity index (χ1n) is 9.07. The van der Waals surface area contributed by atoms with E-state index in [2.05, 4.69) is 12.0 Å². The fourth-order valence-electron chi connectivity index (χ4n) is 4.13. The summed E-state index contributed by atoms with van der Waals surface area (Å²) in [4.78, 5) is 14.4. The summed E-state index contributed by atoms with van der Waals surface area (Å²) in [6.45, 7) is 7.41. The maximum atomic E-state index is 12.5. The molecule has 0 saturated carbocycles. The summed E-state index contributed by atoms with van der Waals surface area (Å²) in [5.74, 6) is 0.555. The number of hydrogen-bond donors (Lipinski definition) is 1. The molecule has 0 radical (unpaired) electrons. The third kappa shape index (κ3) is 3.64. The summed E-state index contributed by atoms with van der Waals surface area (Å²) in [6, 6.07) is 1.95. The van der Waals surface area contributed by atoms with Gasteiger partial charge in [0.25, 0.3) is 0 Å². The number of carbonyl (C=O) groups excluding carboxylic acids is 1. The molecule has 1 N–H and O–H groups in total. The second-order valence-corrected chi connectivity index (χ2v) is 7.34. The monoisotopic (exact) mass is 335 g/mol. The molecule has 3 rings (SSSR count). The number of aryl methyl sites for hydroxylation is 2. The summed E-state index contributed by atoms with van der Waals surface area (Å²) in [5, 5.41) is 15.5. The molecule has 24 heavy (non-hydrogen) atoms. The van der Waals surface area contributed by atoms with Crippen LogP contribution in [0.5, 0.6) is 0 Å². The third-order valence-corrected chi connectivity index (χ3v) is 5.74. The van der Waals surface area contributed by atoms with Crippen LogP contribution in [0.1, 0.15) is 38.3 Å². The highest BCUT2D eigenvalue weighted by molar-refractivity contribution is 5.76. The van der Waals surface area contributed by atoms with E-state index in [0.717, 1.165) is 31.7 Å². The molecule has 2 saturated heterocycles. The van der Waals surface area contributed by atoms with Crippen LogP contribution in [0.2, 0.25) is 0 Å². The first-order chi connectivity index (χ1) is 11.5. The van der Waals surface area contributed by atoms with E-state index in [9.17, 15) is 9.90 Å². The topological polar surface area (TPSA) is 67.6 Å². The smallest absolute Gasteiger partial charge is 0.224 e. The van der Waals surface area contributed by atoms with Crippen molar-refractivity contribution < 1.29 is 14.6 Å². The number of piperidine rings is 1. The van der Waals surface area contributed by atoms with E-state index in [0.29, 0.717) is 38.4 Å². The fourth-order valence-corrected chi connectivity index (χ4v) is 4.13. The van der Waals surface area contributed by atoms with Gasteiger partial charge in [-0.3, -0.25) is 9.48 Å². The largest absolute Gasteiger partial charge is 0.389 e.